The number of alkyl carbamates (subject to hydrolysis) is 1. The zero-order valence-corrected chi connectivity index (χ0v) is 20.8. The van der Waals surface area contributed by atoms with Gasteiger partial charge in [-0.1, -0.05) is 29.8 Å². The second-order valence-electron chi connectivity index (χ2n) is 8.86. The van der Waals surface area contributed by atoms with Gasteiger partial charge in [-0.2, -0.15) is 0 Å². The summed E-state index contributed by atoms with van der Waals surface area (Å²) in [5.41, 5.74) is 0.735. The van der Waals surface area contributed by atoms with E-state index in [9.17, 15) is 22.8 Å². The van der Waals surface area contributed by atoms with Gasteiger partial charge < -0.3 is 18.8 Å². The first-order valence-corrected chi connectivity index (χ1v) is 11.8. The number of carbonyl (C=O) groups is 2. The Morgan fingerprint density at radius 3 is 2.39 bits per heavy atom. The van der Waals surface area contributed by atoms with E-state index >= 15 is 0 Å². The molecule has 4 aromatic rings. The smallest absolute Gasteiger partial charge is 0.455 e. The fraction of sp³-hybridized carbons (Fsp3) is 0.185. The molecule has 1 aliphatic heterocycles. The second kappa shape index (κ2) is 9.29. The molecular weight excluding hydrogens is 525 g/mol. The summed E-state index contributed by atoms with van der Waals surface area (Å²) < 4.78 is 56.1. The molecule has 5 rings (SSSR count). The second-order valence-corrected chi connectivity index (χ2v) is 9.30. The monoisotopic (exact) mass is 544 g/mol. The van der Waals surface area contributed by atoms with Crippen molar-refractivity contribution in [1.29, 1.82) is 0 Å². The minimum Gasteiger partial charge on any atom is -0.455 e. The van der Waals surface area contributed by atoms with Crippen LogP contribution in [-0.4, -0.2) is 22.9 Å². The Morgan fingerprint density at radius 1 is 1.03 bits per heavy atom. The van der Waals surface area contributed by atoms with Crippen molar-refractivity contribution in [3.63, 3.8) is 0 Å². The van der Waals surface area contributed by atoms with Gasteiger partial charge in [0.25, 0.3) is 5.91 Å². The minimum atomic E-state index is -4.86. The number of ether oxygens (including phenoxy) is 3. The number of aromatic nitrogens is 1. The quantitative estimate of drug-likeness (QED) is 0.288. The van der Waals surface area contributed by atoms with E-state index in [-0.39, 0.29) is 12.3 Å². The molecule has 1 aliphatic rings. The zero-order valence-electron chi connectivity index (χ0n) is 20.1. The van der Waals surface area contributed by atoms with Gasteiger partial charge in [0.15, 0.2) is 5.75 Å². The lowest BCUT2D eigenvalue weighted by Crippen LogP contribution is -2.33. The highest BCUT2D eigenvalue weighted by atomic mass is 35.5. The van der Waals surface area contributed by atoms with Gasteiger partial charge in [0.05, 0.1) is 11.2 Å². The van der Waals surface area contributed by atoms with Crippen molar-refractivity contribution in [2.45, 2.75) is 32.4 Å². The van der Waals surface area contributed by atoms with Crippen LogP contribution in [0.25, 0.3) is 10.9 Å². The molecule has 1 saturated heterocycles. The number of hydrogen-bond acceptors (Lipinski definition) is 5. The zero-order chi connectivity index (χ0) is 27.2. The normalized spacial score (nSPS) is 17.4. The number of halogens is 4. The van der Waals surface area contributed by atoms with Gasteiger partial charge in [-0.15, -0.1) is 13.2 Å². The van der Waals surface area contributed by atoms with Gasteiger partial charge in [0, 0.05) is 28.6 Å². The molecule has 0 radical (unpaired) electrons. The van der Waals surface area contributed by atoms with Crippen LogP contribution in [0.15, 0.2) is 66.7 Å². The van der Waals surface area contributed by atoms with E-state index < -0.39 is 24.0 Å². The lowest BCUT2D eigenvalue weighted by molar-refractivity contribution is -0.274. The maximum absolute atomic E-state index is 12.9. The number of nitrogens with zero attached hydrogens (tertiary/aromatic N) is 1. The predicted octanol–water partition coefficient (Wildman–Crippen LogP) is 6.82. The molecule has 1 atom stereocenters. The number of benzene rings is 3. The van der Waals surface area contributed by atoms with Crippen LogP contribution in [-0.2, 0) is 21.7 Å². The first kappa shape index (κ1) is 25.5. The first-order valence-electron chi connectivity index (χ1n) is 11.4. The van der Waals surface area contributed by atoms with E-state index in [2.05, 4.69) is 10.1 Å². The van der Waals surface area contributed by atoms with Crippen LogP contribution < -0.4 is 14.8 Å². The van der Waals surface area contributed by atoms with Crippen molar-refractivity contribution in [1.82, 2.24) is 9.88 Å². The van der Waals surface area contributed by atoms with E-state index in [1.165, 1.54) is 25.1 Å². The van der Waals surface area contributed by atoms with Crippen LogP contribution in [0.1, 0.15) is 23.7 Å². The van der Waals surface area contributed by atoms with E-state index in [0.29, 0.717) is 44.2 Å². The van der Waals surface area contributed by atoms with Crippen LogP contribution in [0.5, 0.6) is 17.2 Å². The number of cyclic esters (lactones) is 1. The summed E-state index contributed by atoms with van der Waals surface area (Å²) in [7, 11) is 0. The highest BCUT2D eigenvalue weighted by Crippen LogP contribution is 2.39. The Bertz CT molecular complexity index is 1570. The molecule has 0 saturated carbocycles. The number of alkyl halides is 3. The number of rotatable bonds is 6. The van der Waals surface area contributed by atoms with Crippen LogP contribution in [0.3, 0.4) is 0 Å². The molecule has 7 nitrogen and oxygen atoms in total. The van der Waals surface area contributed by atoms with Gasteiger partial charge in [-0.05, 0) is 61.9 Å². The molecule has 3 aromatic carbocycles. The third-order valence-electron chi connectivity index (χ3n) is 6.27. The summed E-state index contributed by atoms with van der Waals surface area (Å²) in [4.78, 5) is 24.0. The SMILES string of the molecule is Cc1c(Oc2ccc(Cl)cc2)c2ccc(OC(F)(F)F)cc2n1Cc1cccc([C@]2(C)OC(=O)NC2=O)c1. The Labute approximate surface area is 219 Å². The predicted molar refractivity (Wildman–Crippen MR) is 132 cm³/mol. The molecule has 0 aliphatic carbocycles. The Kier molecular flexibility index (Phi) is 6.22. The summed E-state index contributed by atoms with van der Waals surface area (Å²) >= 11 is 5.97. The highest BCUT2D eigenvalue weighted by Gasteiger charge is 2.46. The average molecular weight is 545 g/mol. The number of hydrogen-bond donors (Lipinski definition) is 1. The fourth-order valence-corrected chi connectivity index (χ4v) is 4.51. The molecule has 0 unspecified atom stereocenters. The van der Waals surface area contributed by atoms with Gasteiger partial charge in [-0.25, -0.2) is 4.79 Å². The molecule has 196 valence electrons. The summed E-state index contributed by atoms with van der Waals surface area (Å²) in [6.07, 6.45) is -5.69. The lowest BCUT2D eigenvalue weighted by atomic mass is 9.94. The number of amides is 2. The number of imide groups is 1. The summed E-state index contributed by atoms with van der Waals surface area (Å²) in [6, 6.07) is 17.6. The Hall–Kier alpha value is -4.18. The summed E-state index contributed by atoms with van der Waals surface area (Å²) in [6.45, 7) is 3.48. The van der Waals surface area contributed by atoms with Crippen molar-refractivity contribution in [3.8, 4) is 17.2 Å². The number of fused-ring (bicyclic) bond motifs is 1. The standard InChI is InChI=1S/C27H20ClF3N2O5/c1-15-23(36-19-8-6-18(28)7-9-19)21-11-10-20(37-27(29,30)31)13-22(21)33(15)14-16-4-3-5-17(12-16)26(2)24(34)32-25(35)38-26/h3-13H,14H2,1-2H3,(H,32,34,35)/t26-/m0/s1. The molecular formula is C27H20ClF3N2O5. The molecule has 2 heterocycles. The Balaban J connectivity index is 1.58. The summed E-state index contributed by atoms with van der Waals surface area (Å²) in [5, 5.41) is 3.22. The molecule has 1 fully saturated rings. The third-order valence-corrected chi connectivity index (χ3v) is 6.52. The van der Waals surface area contributed by atoms with Crippen LogP contribution in [0, 0.1) is 6.92 Å². The topological polar surface area (TPSA) is 78.8 Å². The van der Waals surface area contributed by atoms with E-state index in [0.717, 1.165) is 0 Å². The third kappa shape index (κ3) is 4.87. The van der Waals surface area contributed by atoms with E-state index in [4.69, 9.17) is 21.1 Å². The van der Waals surface area contributed by atoms with Gasteiger partial charge in [0.1, 0.15) is 11.5 Å². The van der Waals surface area contributed by atoms with Crippen molar-refractivity contribution >= 4 is 34.5 Å². The van der Waals surface area contributed by atoms with Gasteiger partial charge in [-0.3, -0.25) is 10.1 Å². The van der Waals surface area contributed by atoms with Gasteiger partial charge >= 0.3 is 12.5 Å². The molecule has 0 spiro atoms. The van der Waals surface area contributed by atoms with Crippen molar-refractivity contribution in [3.05, 3.63) is 88.6 Å². The molecule has 0 bridgehead atoms. The van der Waals surface area contributed by atoms with Crippen LogP contribution >= 0.6 is 11.6 Å². The number of nitrogens with one attached hydrogen (secondary N) is 1. The fourth-order valence-electron chi connectivity index (χ4n) is 4.38. The van der Waals surface area contributed by atoms with Crippen molar-refractivity contribution < 1.29 is 37.0 Å². The molecule has 1 N–H and O–H groups in total. The maximum Gasteiger partial charge on any atom is 0.573 e. The minimum absolute atomic E-state index is 0.210. The van der Waals surface area contributed by atoms with E-state index in [1.54, 1.807) is 60.0 Å². The lowest BCUT2D eigenvalue weighted by Gasteiger charge is -2.20. The highest BCUT2D eigenvalue weighted by molar-refractivity contribution is 6.30. The van der Waals surface area contributed by atoms with Gasteiger partial charge in [0.2, 0.25) is 5.60 Å². The molecule has 38 heavy (non-hydrogen) atoms. The molecule has 11 heteroatoms. The largest absolute Gasteiger partial charge is 0.573 e. The molecule has 2 amide bonds. The summed E-state index contributed by atoms with van der Waals surface area (Å²) in [5.74, 6) is -0.0170. The molecule has 1 aromatic heterocycles. The average Bonchev–Trinajstić information content (AvgIpc) is 3.26. The van der Waals surface area contributed by atoms with Crippen molar-refractivity contribution in [2.75, 3.05) is 0 Å². The first-order chi connectivity index (χ1) is 17.9. The van der Waals surface area contributed by atoms with Crippen LogP contribution in [0.4, 0.5) is 18.0 Å². The number of carbonyl (C=O) groups excluding carboxylic acids is 2. The van der Waals surface area contributed by atoms with Crippen LogP contribution in [0.2, 0.25) is 5.02 Å². The van der Waals surface area contributed by atoms with Crippen molar-refractivity contribution in [2.24, 2.45) is 0 Å². The van der Waals surface area contributed by atoms with E-state index in [1.807, 2.05) is 0 Å². The maximum atomic E-state index is 12.9. The Morgan fingerprint density at radius 2 is 1.74 bits per heavy atom.